The van der Waals surface area contributed by atoms with E-state index in [4.69, 9.17) is 10.8 Å². The number of aliphatic hydroxyl groups is 1. The van der Waals surface area contributed by atoms with Crippen molar-refractivity contribution in [1.82, 2.24) is 8.61 Å². The van der Waals surface area contributed by atoms with Crippen molar-refractivity contribution < 1.29 is 13.5 Å². The Bertz CT molecular complexity index is 280. The van der Waals surface area contributed by atoms with Gasteiger partial charge >= 0.3 is 0 Å². The SMILES string of the molecule is CC(C)N(CCO)S(=O)(=O)N(C)CCCN. The van der Waals surface area contributed by atoms with Crippen molar-refractivity contribution >= 4 is 10.2 Å². The molecule has 0 atom stereocenters. The first kappa shape index (κ1) is 15.8. The molecular formula is C9H23N3O3S. The maximum Gasteiger partial charge on any atom is 0.282 e. The third-order valence-electron chi connectivity index (χ3n) is 2.26. The van der Waals surface area contributed by atoms with Crippen molar-refractivity contribution in [3.63, 3.8) is 0 Å². The van der Waals surface area contributed by atoms with E-state index in [9.17, 15) is 8.42 Å². The van der Waals surface area contributed by atoms with Gasteiger partial charge in [-0.05, 0) is 26.8 Å². The van der Waals surface area contributed by atoms with Gasteiger partial charge in [0.05, 0.1) is 6.61 Å². The fourth-order valence-corrected chi connectivity index (χ4v) is 2.91. The second-order valence-corrected chi connectivity index (χ2v) is 5.89. The topological polar surface area (TPSA) is 86.9 Å². The molecular weight excluding hydrogens is 230 g/mol. The summed E-state index contributed by atoms with van der Waals surface area (Å²) >= 11 is 0. The molecule has 0 aliphatic carbocycles. The van der Waals surface area contributed by atoms with E-state index in [-0.39, 0.29) is 19.2 Å². The maximum atomic E-state index is 12.1. The van der Waals surface area contributed by atoms with E-state index >= 15 is 0 Å². The summed E-state index contributed by atoms with van der Waals surface area (Å²) in [5.74, 6) is 0. The summed E-state index contributed by atoms with van der Waals surface area (Å²) in [7, 11) is -1.96. The molecule has 16 heavy (non-hydrogen) atoms. The van der Waals surface area contributed by atoms with Crippen molar-refractivity contribution in [1.29, 1.82) is 0 Å². The zero-order valence-electron chi connectivity index (χ0n) is 10.3. The molecule has 0 spiro atoms. The Morgan fingerprint density at radius 3 is 2.25 bits per heavy atom. The molecule has 0 amide bonds. The minimum atomic E-state index is -3.48. The molecule has 0 aromatic heterocycles. The molecule has 3 N–H and O–H groups in total. The van der Waals surface area contributed by atoms with Crippen LogP contribution in [0, 0.1) is 0 Å². The average molecular weight is 253 g/mol. The van der Waals surface area contributed by atoms with Crippen molar-refractivity contribution in [3.8, 4) is 0 Å². The minimum absolute atomic E-state index is 0.118. The lowest BCUT2D eigenvalue weighted by atomic mass is 10.4. The van der Waals surface area contributed by atoms with Crippen LogP contribution in [0.15, 0.2) is 0 Å². The zero-order valence-corrected chi connectivity index (χ0v) is 11.1. The van der Waals surface area contributed by atoms with Crippen LogP contribution in [0.3, 0.4) is 0 Å². The van der Waals surface area contributed by atoms with E-state index in [0.717, 1.165) is 0 Å². The number of nitrogens with zero attached hydrogens (tertiary/aromatic N) is 2. The number of nitrogens with two attached hydrogens (primary N) is 1. The standard InChI is InChI=1S/C9H23N3O3S/c1-9(2)12(7-8-13)16(14,15)11(3)6-4-5-10/h9,13H,4-8,10H2,1-3H3. The van der Waals surface area contributed by atoms with Crippen LogP contribution in [0.2, 0.25) is 0 Å². The molecule has 0 aromatic carbocycles. The van der Waals surface area contributed by atoms with Crippen LogP contribution >= 0.6 is 0 Å². The van der Waals surface area contributed by atoms with Crippen LogP contribution < -0.4 is 5.73 Å². The van der Waals surface area contributed by atoms with Gasteiger partial charge in [0.2, 0.25) is 0 Å². The van der Waals surface area contributed by atoms with Crippen LogP contribution in [-0.2, 0) is 10.2 Å². The zero-order chi connectivity index (χ0) is 12.8. The molecule has 98 valence electrons. The second-order valence-electron chi connectivity index (χ2n) is 3.90. The average Bonchev–Trinajstić information content (AvgIpc) is 2.21. The Morgan fingerprint density at radius 1 is 1.31 bits per heavy atom. The molecule has 0 aromatic rings. The Hall–Kier alpha value is -0.210. The number of rotatable bonds is 8. The monoisotopic (exact) mass is 253 g/mol. The van der Waals surface area contributed by atoms with Crippen LogP contribution in [0.5, 0.6) is 0 Å². The van der Waals surface area contributed by atoms with Gasteiger partial charge < -0.3 is 10.8 Å². The Morgan fingerprint density at radius 2 is 1.88 bits per heavy atom. The van der Waals surface area contributed by atoms with Crippen molar-refractivity contribution in [3.05, 3.63) is 0 Å². The van der Waals surface area contributed by atoms with Crippen molar-refractivity contribution in [2.75, 3.05) is 33.3 Å². The molecule has 0 saturated heterocycles. The fourth-order valence-electron chi connectivity index (χ4n) is 1.35. The Kier molecular flexibility index (Phi) is 7.09. The summed E-state index contributed by atoms with van der Waals surface area (Å²) in [5, 5.41) is 8.86. The maximum absolute atomic E-state index is 12.1. The molecule has 0 aliphatic rings. The minimum Gasteiger partial charge on any atom is -0.395 e. The Balaban J connectivity index is 4.70. The molecule has 0 bridgehead atoms. The van der Waals surface area contributed by atoms with Crippen LogP contribution in [0.25, 0.3) is 0 Å². The van der Waals surface area contributed by atoms with E-state index in [1.807, 2.05) is 0 Å². The fraction of sp³-hybridized carbons (Fsp3) is 1.00. The molecule has 0 rings (SSSR count). The summed E-state index contributed by atoms with van der Waals surface area (Å²) < 4.78 is 26.7. The first-order chi connectivity index (χ1) is 7.37. The predicted molar refractivity (Wildman–Crippen MR) is 64.1 cm³/mol. The largest absolute Gasteiger partial charge is 0.395 e. The lowest BCUT2D eigenvalue weighted by molar-refractivity contribution is 0.228. The highest BCUT2D eigenvalue weighted by molar-refractivity contribution is 7.86. The molecule has 0 radical (unpaired) electrons. The molecule has 0 saturated carbocycles. The number of aliphatic hydroxyl groups excluding tert-OH is 1. The van der Waals surface area contributed by atoms with E-state index in [0.29, 0.717) is 19.5 Å². The van der Waals surface area contributed by atoms with E-state index in [2.05, 4.69) is 0 Å². The van der Waals surface area contributed by atoms with Gasteiger partial charge in [0.1, 0.15) is 0 Å². The van der Waals surface area contributed by atoms with Crippen molar-refractivity contribution in [2.24, 2.45) is 5.73 Å². The lowest BCUT2D eigenvalue weighted by Crippen LogP contribution is -2.47. The molecule has 0 heterocycles. The van der Waals surface area contributed by atoms with Crippen LogP contribution in [0.4, 0.5) is 0 Å². The van der Waals surface area contributed by atoms with E-state index in [1.54, 1.807) is 13.8 Å². The molecule has 0 aliphatic heterocycles. The van der Waals surface area contributed by atoms with Crippen LogP contribution in [0.1, 0.15) is 20.3 Å². The van der Waals surface area contributed by atoms with Gasteiger partial charge in [-0.3, -0.25) is 0 Å². The van der Waals surface area contributed by atoms with Crippen molar-refractivity contribution in [2.45, 2.75) is 26.3 Å². The third kappa shape index (κ3) is 4.34. The first-order valence-electron chi connectivity index (χ1n) is 5.42. The molecule has 0 unspecified atom stereocenters. The summed E-state index contributed by atoms with van der Waals surface area (Å²) in [6.07, 6.45) is 0.626. The smallest absolute Gasteiger partial charge is 0.282 e. The second kappa shape index (κ2) is 7.18. The summed E-state index contributed by atoms with van der Waals surface area (Å²) in [4.78, 5) is 0. The molecule has 0 fully saturated rings. The van der Waals surface area contributed by atoms with Gasteiger partial charge in [0.25, 0.3) is 10.2 Å². The van der Waals surface area contributed by atoms with Gasteiger partial charge in [-0.2, -0.15) is 17.0 Å². The van der Waals surface area contributed by atoms with E-state index < -0.39 is 10.2 Å². The van der Waals surface area contributed by atoms with Gasteiger partial charge in [0.15, 0.2) is 0 Å². The third-order valence-corrected chi connectivity index (χ3v) is 4.43. The summed E-state index contributed by atoms with van der Waals surface area (Å²) in [5.41, 5.74) is 5.34. The normalized spacial score (nSPS) is 13.0. The van der Waals surface area contributed by atoms with Gasteiger partial charge in [-0.15, -0.1) is 0 Å². The molecule has 6 nitrogen and oxygen atoms in total. The summed E-state index contributed by atoms with van der Waals surface area (Å²) in [6.45, 7) is 4.36. The van der Waals surface area contributed by atoms with E-state index in [1.165, 1.54) is 15.7 Å². The lowest BCUT2D eigenvalue weighted by Gasteiger charge is -2.29. The highest BCUT2D eigenvalue weighted by atomic mass is 32.2. The summed E-state index contributed by atoms with van der Waals surface area (Å²) in [6, 6.07) is -0.169. The van der Waals surface area contributed by atoms with Crippen LogP contribution in [-0.4, -0.2) is 61.5 Å². The number of hydrogen-bond donors (Lipinski definition) is 2. The number of hydrogen-bond acceptors (Lipinski definition) is 4. The highest BCUT2D eigenvalue weighted by Gasteiger charge is 2.28. The Labute approximate surface area is 98.2 Å². The first-order valence-corrected chi connectivity index (χ1v) is 6.81. The van der Waals surface area contributed by atoms with Gasteiger partial charge in [-0.1, -0.05) is 0 Å². The van der Waals surface area contributed by atoms with Gasteiger partial charge in [-0.25, -0.2) is 0 Å². The van der Waals surface area contributed by atoms with Gasteiger partial charge in [0, 0.05) is 26.2 Å². The molecule has 7 heteroatoms. The predicted octanol–water partition coefficient (Wildman–Crippen LogP) is -0.785. The quantitative estimate of drug-likeness (QED) is 0.594. The highest BCUT2D eigenvalue weighted by Crippen LogP contribution is 2.10.